The fourth-order valence-electron chi connectivity index (χ4n) is 3.24. The van der Waals surface area contributed by atoms with Gasteiger partial charge in [-0.25, -0.2) is 17.6 Å². The van der Waals surface area contributed by atoms with Crippen LogP contribution in [0.2, 0.25) is 0 Å². The van der Waals surface area contributed by atoms with Crippen LogP contribution in [0.5, 0.6) is 0 Å². The smallest absolute Gasteiger partial charge is 0.336 e. The maximum Gasteiger partial charge on any atom is 0.336 e. The average molecular weight is 388 g/mol. The number of piperazine rings is 1. The van der Waals surface area contributed by atoms with E-state index in [1.54, 1.807) is 18.2 Å². The molecule has 2 aromatic carbocycles. The lowest BCUT2D eigenvalue weighted by Gasteiger charge is -2.35. The SMILES string of the molecule is O=c1ccc2cc(S(=O)(=O)N3CCN(c4ccccc4F)CC3)ccc2o1. The minimum absolute atomic E-state index is 0.142. The number of nitrogens with zero attached hydrogens (tertiary/aromatic N) is 2. The lowest BCUT2D eigenvalue weighted by Crippen LogP contribution is -2.48. The summed E-state index contributed by atoms with van der Waals surface area (Å²) in [5, 5.41) is 0.542. The Kier molecular flexibility index (Phi) is 4.45. The summed E-state index contributed by atoms with van der Waals surface area (Å²) in [4.78, 5) is 13.2. The highest BCUT2D eigenvalue weighted by Crippen LogP contribution is 2.25. The van der Waals surface area contributed by atoms with Crippen molar-refractivity contribution in [3.8, 4) is 0 Å². The molecule has 0 atom stereocenters. The molecule has 140 valence electrons. The largest absolute Gasteiger partial charge is 0.423 e. The van der Waals surface area contributed by atoms with Crippen LogP contribution in [-0.2, 0) is 10.0 Å². The predicted molar refractivity (Wildman–Crippen MR) is 99.9 cm³/mol. The van der Waals surface area contributed by atoms with Crippen molar-refractivity contribution in [1.82, 2.24) is 4.31 Å². The molecule has 1 fully saturated rings. The van der Waals surface area contributed by atoms with Crippen molar-refractivity contribution < 1.29 is 17.2 Å². The van der Waals surface area contributed by atoms with E-state index in [2.05, 4.69) is 0 Å². The van der Waals surface area contributed by atoms with Crippen molar-refractivity contribution in [3.05, 3.63) is 70.8 Å². The van der Waals surface area contributed by atoms with Gasteiger partial charge in [0, 0.05) is 37.6 Å². The van der Waals surface area contributed by atoms with Gasteiger partial charge in [0.15, 0.2) is 0 Å². The Morgan fingerprint density at radius 3 is 2.41 bits per heavy atom. The standard InChI is InChI=1S/C19H17FN2O4S/c20-16-3-1-2-4-17(16)21-9-11-22(12-10-21)27(24,25)15-6-7-18-14(13-15)5-8-19(23)26-18/h1-8,13H,9-12H2. The Balaban J connectivity index is 1.56. The van der Waals surface area contributed by atoms with Gasteiger partial charge >= 0.3 is 5.63 Å². The van der Waals surface area contributed by atoms with Crippen molar-refractivity contribution in [2.45, 2.75) is 4.90 Å². The van der Waals surface area contributed by atoms with Crippen molar-refractivity contribution in [2.24, 2.45) is 0 Å². The first-order valence-electron chi connectivity index (χ1n) is 8.49. The van der Waals surface area contributed by atoms with Gasteiger partial charge in [-0.2, -0.15) is 4.31 Å². The van der Waals surface area contributed by atoms with E-state index in [1.165, 1.54) is 40.7 Å². The molecule has 27 heavy (non-hydrogen) atoms. The summed E-state index contributed by atoms with van der Waals surface area (Å²) < 4.78 is 46.3. The summed E-state index contributed by atoms with van der Waals surface area (Å²) >= 11 is 0. The molecule has 2 heterocycles. The van der Waals surface area contributed by atoms with Gasteiger partial charge in [-0.15, -0.1) is 0 Å². The molecule has 0 amide bonds. The van der Waals surface area contributed by atoms with E-state index >= 15 is 0 Å². The summed E-state index contributed by atoms with van der Waals surface area (Å²) in [5.74, 6) is -0.315. The molecule has 0 radical (unpaired) electrons. The van der Waals surface area contributed by atoms with Gasteiger partial charge in [0.05, 0.1) is 10.6 Å². The van der Waals surface area contributed by atoms with Crippen molar-refractivity contribution in [1.29, 1.82) is 0 Å². The first-order chi connectivity index (χ1) is 12.9. The molecule has 8 heteroatoms. The minimum Gasteiger partial charge on any atom is -0.423 e. The molecular weight excluding hydrogens is 371 g/mol. The third kappa shape index (κ3) is 3.33. The fraction of sp³-hybridized carbons (Fsp3) is 0.211. The molecule has 6 nitrogen and oxygen atoms in total. The highest BCUT2D eigenvalue weighted by molar-refractivity contribution is 7.89. The molecule has 0 spiro atoms. The number of halogens is 1. The zero-order valence-electron chi connectivity index (χ0n) is 14.3. The van der Waals surface area contributed by atoms with Gasteiger partial charge in [0.2, 0.25) is 10.0 Å². The first-order valence-corrected chi connectivity index (χ1v) is 9.93. The van der Waals surface area contributed by atoms with Crippen LogP contribution in [0.1, 0.15) is 0 Å². The molecule has 1 saturated heterocycles. The van der Waals surface area contributed by atoms with E-state index in [4.69, 9.17) is 4.42 Å². The first kappa shape index (κ1) is 17.7. The van der Waals surface area contributed by atoms with Gasteiger partial charge in [0.1, 0.15) is 11.4 Å². The summed E-state index contributed by atoms with van der Waals surface area (Å²) in [6.45, 7) is 1.34. The van der Waals surface area contributed by atoms with Crippen LogP contribution in [0.4, 0.5) is 10.1 Å². The van der Waals surface area contributed by atoms with E-state index in [9.17, 15) is 17.6 Å². The maximum absolute atomic E-state index is 13.9. The number of rotatable bonds is 3. The highest BCUT2D eigenvalue weighted by atomic mass is 32.2. The van der Waals surface area contributed by atoms with Gasteiger partial charge in [-0.3, -0.25) is 0 Å². The molecule has 0 N–H and O–H groups in total. The van der Waals surface area contributed by atoms with E-state index in [1.807, 2.05) is 4.90 Å². The molecule has 1 aliphatic rings. The van der Waals surface area contributed by atoms with Crippen molar-refractivity contribution >= 4 is 26.7 Å². The van der Waals surface area contributed by atoms with Gasteiger partial charge in [-0.1, -0.05) is 12.1 Å². The Morgan fingerprint density at radius 1 is 0.926 bits per heavy atom. The Bertz CT molecular complexity index is 1150. The van der Waals surface area contributed by atoms with Gasteiger partial charge in [0.25, 0.3) is 0 Å². The second kappa shape index (κ2) is 6.79. The average Bonchev–Trinajstić information content (AvgIpc) is 2.68. The zero-order valence-corrected chi connectivity index (χ0v) is 15.2. The van der Waals surface area contributed by atoms with Crippen LogP contribution in [0.15, 0.2) is 68.7 Å². The summed E-state index contributed by atoms with van der Waals surface area (Å²) in [5.41, 5.74) is 0.337. The third-order valence-corrected chi connectivity index (χ3v) is 6.55. The maximum atomic E-state index is 13.9. The molecule has 1 aliphatic heterocycles. The quantitative estimate of drug-likeness (QED) is 0.645. The topological polar surface area (TPSA) is 70.8 Å². The fourth-order valence-corrected chi connectivity index (χ4v) is 4.70. The Hall–Kier alpha value is -2.71. The van der Waals surface area contributed by atoms with Crippen LogP contribution >= 0.6 is 0 Å². The molecule has 1 aromatic heterocycles. The Morgan fingerprint density at radius 2 is 1.67 bits per heavy atom. The van der Waals surface area contributed by atoms with Crippen molar-refractivity contribution in [2.75, 3.05) is 31.1 Å². The number of para-hydroxylation sites is 1. The van der Waals surface area contributed by atoms with Crippen LogP contribution in [0, 0.1) is 5.82 Å². The molecule has 0 aliphatic carbocycles. The number of fused-ring (bicyclic) bond motifs is 1. The molecule has 0 unspecified atom stereocenters. The summed E-state index contributed by atoms with van der Waals surface area (Å²) in [6.07, 6.45) is 0. The minimum atomic E-state index is -3.69. The number of hydrogen-bond donors (Lipinski definition) is 0. The number of anilines is 1. The lowest BCUT2D eigenvalue weighted by molar-refractivity contribution is 0.383. The van der Waals surface area contributed by atoms with Crippen molar-refractivity contribution in [3.63, 3.8) is 0 Å². The van der Waals surface area contributed by atoms with Gasteiger partial charge in [-0.05, 0) is 36.4 Å². The van der Waals surface area contributed by atoms with E-state index < -0.39 is 15.6 Å². The lowest BCUT2D eigenvalue weighted by atomic mass is 10.2. The highest BCUT2D eigenvalue weighted by Gasteiger charge is 2.29. The molecule has 4 rings (SSSR count). The molecule has 0 bridgehead atoms. The number of benzene rings is 2. The molecule has 0 saturated carbocycles. The van der Waals surface area contributed by atoms with Crippen LogP contribution < -0.4 is 10.5 Å². The van der Waals surface area contributed by atoms with E-state index in [-0.39, 0.29) is 23.8 Å². The Labute approximate surface area is 155 Å². The second-order valence-electron chi connectivity index (χ2n) is 6.30. The summed E-state index contributed by atoms with van der Waals surface area (Å²) in [6, 6.07) is 13.7. The third-order valence-electron chi connectivity index (χ3n) is 4.66. The van der Waals surface area contributed by atoms with Gasteiger partial charge < -0.3 is 9.32 Å². The second-order valence-corrected chi connectivity index (χ2v) is 8.23. The molecular formula is C19H17FN2O4S. The number of sulfonamides is 1. The van der Waals surface area contributed by atoms with E-state index in [0.29, 0.717) is 29.7 Å². The zero-order chi connectivity index (χ0) is 19.0. The normalized spacial score (nSPS) is 16.0. The monoisotopic (exact) mass is 388 g/mol. The number of hydrogen-bond acceptors (Lipinski definition) is 5. The molecule has 3 aromatic rings. The van der Waals surface area contributed by atoms with Crippen LogP contribution in [0.3, 0.4) is 0 Å². The van der Waals surface area contributed by atoms with E-state index in [0.717, 1.165) is 0 Å². The van der Waals surface area contributed by atoms with Crippen LogP contribution in [-0.4, -0.2) is 38.9 Å². The predicted octanol–water partition coefficient (Wildman–Crippen LogP) is 2.44. The summed E-state index contributed by atoms with van der Waals surface area (Å²) in [7, 11) is -3.69. The van der Waals surface area contributed by atoms with Crippen LogP contribution in [0.25, 0.3) is 11.0 Å².